The molecule has 0 unspecified atom stereocenters. The van der Waals surface area contributed by atoms with Crippen molar-refractivity contribution in [2.75, 3.05) is 7.11 Å². The lowest BCUT2D eigenvalue weighted by atomic mass is 9.66. The molecule has 0 bridgehead atoms. The van der Waals surface area contributed by atoms with Crippen molar-refractivity contribution in [1.29, 1.82) is 0 Å². The molecule has 7 rings (SSSR count). The standard InChI is InChI=1S/C45H38O4/c1-27-23-36(24-28(2)42(27)48-6)45(40-13-9-7-11-38(40)39-12-8-10-14-41(39)45)37-25-29(3)43(30(4)26-37)49-44(47)35-21-19-34(20-22-35)33-17-15-32(16-18-33)31(5)46/h7-26H,1-6H3. The first-order chi connectivity index (χ1) is 23.6. The van der Waals surface area contributed by atoms with Gasteiger partial charge < -0.3 is 9.47 Å². The molecule has 0 heterocycles. The first-order valence-corrected chi connectivity index (χ1v) is 16.5. The summed E-state index contributed by atoms with van der Waals surface area (Å²) in [5, 5.41) is 0. The normalized spacial score (nSPS) is 12.6. The Hall–Kier alpha value is -5.74. The number of esters is 1. The summed E-state index contributed by atoms with van der Waals surface area (Å²) in [7, 11) is 1.72. The van der Waals surface area contributed by atoms with Crippen molar-refractivity contribution in [2.24, 2.45) is 0 Å². The van der Waals surface area contributed by atoms with Crippen LogP contribution >= 0.6 is 0 Å². The van der Waals surface area contributed by atoms with Crippen LogP contribution in [0.1, 0.15) is 72.1 Å². The molecule has 0 amide bonds. The van der Waals surface area contributed by atoms with Crippen LogP contribution in [0.4, 0.5) is 0 Å². The maximum atomic E-state index is 13.5. The molecule has 0 fully saturated rings. The van der Waals surface area contributed by atoms with Crippen LogP contribution in [0, 0.1) is 27.7 Å². The highest BCUT2D eigenvalue weighted by Crippen LogP contribution is 2.57. The van der Waals surface area contributed by atoms with Crippen molar-refractivity contribution in [3.63, 3.8) is 0 Å². The second kappa shape index (κ2) is 12.4. The van der Waals surface area contributed by atoms with Crippen molar-refractivity contribution in [3.05, 3.63) is 177 Å². The van der Waals surface area contributed by atoms with Crippen LogP contribution in [-0.2, 0) is 5.41 Å². The largest absolute Gasteiger partial charge is 0.496 e. The molecule has 0 aromatic heterocycles. The molecule has 0 radical (unpaired) electrons. The zero-order valence-electron chi connectivity index (χ0n) is 28.7. The van der Waals surface area contributed by atoms with Gasteiger partial charge in [-0.05, 0) is 114 Å². The minimum absolute atomic E-state index is 0.0298. The molecule has 0 atom stereocenters. The second-order valence-electron chi connectivity index (χ2n) is 13.0. The molecule has 4 nitrogen and oxygen atoms in total. The van der Waals surface area contributed by atoms with E-state index in [1.165, 1.54) is 27.8 Å². The van der Waals surface area contributed by atoms with Gasteiger partial charge in [-0.3, -0.25) is 4.79 Å². The fraction of sp³-hybridized carbons (Fsp3) is 0.156. The SMILES string of the molecule is COc1c(C)cc(C2(c3cc(C)c(OC(=O)c4ccc(-c5ccc(C(C)=O)cc5)cc4)c(C)c3)c3ccccc3-c3ccccc32)cc1C. The lowest BCUT2D eigenvalue weighted by Gasteiger charge is -2.35. The number of ether oxygens (including phenoxy) is 2. The van der Waals surface area contributed by atoms with Gasteiger partial charge in [-0.25, -0.2) is 4.79 Å². The monoisotopic (exact) mass is 642 g/mol. The van der Waals surface area contributed by atoms with Crippen molar-refractivity contribution in [2.45, 2.75) is 40.0 Å². The van der Waals surface area contributed by atoms with Gasteiger partial charge in [0.25, 0.3) is 0 Å². The fourth-order valence-corrected chi connectivity index (χ4v) is 7.69. The quantitative estimate of drug-likeness (QED) is 0.0986. The number of ketones is 1. The number of fused-ring (bicyclic) bond motifs is 3. The van der Waals surface area contributed by atoms with Gasteiger partial charge >= 0.3 is 5.97 Å². The Morgan fingerprint density at radius 1 is 0.531 bits per heavy atom. The Morgan fingerprint density at radius 2 is 0.939 bits per heavy atom. The topological polar surface area (TPSA) is 52.6 Å². The number of hydrogen-bond donors (Lipinski definition) is 0. The molecule has 0 saturated heterocycles. The van der Waals surface area contributed by atoms with E-state index in [1.807, 2.05) is 50.2 Å². The number of carbonyl (C=O) groups is 2. The lowest BCUT2D eigenvalue weighted by Crippen LogP contribution is -2.29. The van der Waals surface area contributed by atoms with Gasteiger partial charge in [0.15, 0.2) is 5.78 Å². The molecular weight excluding hydrogens is 604 g/mol. The minimum Gasteiger partial charge on any atom is -0.496 e. The van der Waals surface area contributed by atoms with E-state index in [2.05, 4.69) is 86.6 Å². The van der Waals surface area contributed by atoms with Crippen LogP contribution in [-0.4, -0.2) is 18.9 Å². The van der Waals surface area contributed by atoms with E-state index in [0.29, 0.717) is 16.9 Å². The van der Waals surface area contributed by atoms with E-state index in [-0.39, 0.29) is 5.78 Å². The van der Waals surface area contributed by atoms with Crippen molar-refractivity contribution >= 4 is 11.8 Å². The predicted molar refractivity (Wildman–Crippen MR) is 196 cm³/mol. The van der Waals surface area contributed by atoms with Crippen molar-refractivity contribution < 1.29 is 19.1 Å². The minimum atomic E-state index is -0.592. The third kappa shape index (κ3) is 5.25. The van der Waals surface area contributed by atoms with E-state index >= 15 is 0 Å². The number of Topliss-reactive ketones (excluding diaryl/α,β-unsaturated/α-hetero) is 1. The molecule has 49 heavy (non-hydrogen) atoms. The van der Waals surface area contributed by atoms with Gasteiger partial charge in [-0.1, -0.05) is 109 Å². The third-order valence-corrected chi connectivity index (χ3v) is 9.88. The molecule has 0 N–H and O–H groups in total. The highest BCUT2D eigenvalue weighted by Gasteiger charge is 2.46. The van der Waals surface area contributed by atoms with E-state index in [9.17, 15) is 9.59 Å². The molecule has 0 spiro atoms. The Kier molecular flexibility index (Phi) is 8.04. The maximum Gasteiger partial charge on any atom is 0.343 e. The average molecular weight is 643 g/mol. The number of hydrogen-bond acceptors (Lipinski definition) is 4. The molecule has 0 saturated carbocycles. The van der Waals surface area contributed by atoms with E-state index < -0.39 is 11.4 Å². The highest BCUT2D eigenvalue weighted by atomic mass is 16.5. The maximum absolute atomic E-state index is 13.5. The van der Waals surface area contributed by atoms with Crippen molar-refractivity contribution in [3.8, 4) is 33.8 Å². The van der Waals surface area contributed by atoms with E-state index in [0.717, 1.165) is 44.7 Å². The number of methoxy groups -OCH3 is 1. The van der Waals surface area contributed by atoms with Crippen LogP contribution in [0.3, 0.4) is 0 Å². The molecule has 0 aliphatic heterocycles. The fourth-order valence-electron chi connectivity index (χ4n) is 7.69. The Labute approximate surface area is 288 Å². The lowest BCUT2D eigenvalue weighted by molar-refractivity contribution is 0.0732. The molecule has 6 aromatic carbocycles. The Bertz CT molecular complexity index is 2170. The van der Waals surface area contributed by atoms with Gasteiger partial charge in [-0.15, -0.1) is 0 Å². The Morgan fingerprint density at radius 3 is 1.37 bits per heavy atom. The van der Waals surface area contributed by atoms with E-state index in [1.54, 1.807) is 26.2 Å². The van der Waals surface area contributed by atoms with Gasteiger partial charge in [0, 0.05) is 5.56 Å². The number of benzene rings is 6. The molecule has 6 aromatic rings. The summed E-state index contributed by atoms with van der Waals surface area (Å²) in [4.78, 5) is 25.2. The molecular formula is C45H38O4. The van der Waals surface area contributed by atoms with Gasteiger partial charge in [0.1, 0.15) is 11.5 Å². The summed E-state index contributed by atoms with van der Waals surface area (Å²) in [5.74, 6) is 1.08. The van der Waals surface area contributed by atoms with Gasteiger partial charge in [-0.2, -0.15) is 0 Å². The smallest absolute Gasteiger partial charge is 0.343 e. The summed E-state index contributed by atoms with van der Waals surface area (Å²) >= 11 is 0. The molecule has 1 aliphatic carbocycles. The zero-order chi connectivity index (χ0) is 34.4. The Balaban J connectivity index is 1.29. The predicted octanol–water partition coefficient (Wildman–Crippen LogP) is 10.4. The van der Waals surface area contributed by atoms with E-state index in [4.69, 9.17) is 9.47 Å². The zero-order valence-corrected chi connectivity index (χ0v) is 28.7. The number of aryl methyl sites for hydroxylation is 4. The highest BCUT2D eigenvalue weighted by molar-refractivity contribution is 5.95. The average Bonchev–Trinajstić information content (AvgIpc) is 3.41. The van der Waals surface area contributed by atoms with Crippen LogP contribution in [0.15, 0.2) is 121 Å². The van der Waals surface area contributed by atoms with Gasteiger partial charge in [0.2, 0.25) is 0 Å². The summed E-state index contributed by atoms with van der Waals surface area (Å²) in [5.41, 5.74) is 13.5. The number of carbonyl (C=O) groups excluding carboxylic acids is 2. The van der Waals surface area contributed by atoms with Crippen LogP contribution in [0.2, 0.25) is 0 Å². The van der Waals surface area contributed by atoms with Gasteiger partial charge in [0.05, 0.1) is 18.1 Å². The first-order valence-electron chi connectivity index (χ1n) is 16.5. The second-order valence-corrected chi connectivity index (χ2v) is 13.0. The summed E-state index contributed by atoms with van der Waals surface area (Å²) in [6.45, 7) is 9.78. The molecule has 4 heteroatoms. The molecule has 242 valence electrons. The third-order valence-electron chi connectivity index (χ3n) is 9.88. The number of rotatable bonds is 7. The summed E-state index contributed by atoms with van der Waals surface area (Å²) < 4.78 is 11.9. The van der Waals surface area contributed by atoms with Crippen LogP contribution < -0.4 is 9.47 Å². The van der Waals surface area contributed by atoms with Crippen molar-refractivity contribution in [1.82, 2.24) is 0 Å². The summed E-state index contributed by atoms with van der Waals surface area (Å²) in [6.07, 6.45) is 0. The van der Waals surface area contributed by atoms with Crippen LogP contribution in [0.5, 0.6) is 11.5 Å². The summed E-state index contributed by atoms with van der Waals surface area (Å²) in [6, 6.07) is 41.0. The molecule has 1 aliphatic rings. The van der Waals surface area contributed by atoms with Crippen LogP contribution in [0.25, 0.3) is 22.3 Å². The first kappa shape index (κ1) is 31.8.